The van der Waals surface area contributed by atoms with E-state index >= 15 is 0 Å². The average Bonchev–Trinajstić information content (AvgIpc) is 2.98. The Labute approximate surface area is 127 Å². The van der Waals surface area contributed by atoms with Crippen LogP contribution in [0.1, 0.15) is 77.0 Å². The number of rotatable bonds is 5. The third-order valence-electron chi connectivity index (χ3n) is 4.44. The minimum Gasteiger partial charge on any atom is -0.425 e. The highest BCUT2D eigenvalue weighted by Gasteiger charge is 2.29. The van der Waals surface area contributed by atoms with Crippen LogP contribution >= 0.6 is 0 Å². The lowest BCUT2D eigenvalue weighted by atomic mass is 9.94. The summed E-state index contributed by atoms with van der Waals surface area (Å²) in [4.78, 5) is 14.4. The molecule has 1 amide bonds. The molecular weight excluding hydrogens is 266 g/mol. The summed E-state index contributed by atoms with van der Waals surface area (Å²) in [5.41, 5.74) is 0. The lowest BCUT2D eigenvalue weighted by molar-refractivity contribution is -0.136. The van der Waals surface area contributed by atoms with Gasteiger partial charge in [-0.2, -0.15) is 0 Å². The van der Waals surface area contributed by atoms with E-state index in [1.807, 2.05) is 18.7 Å². The number of aromatic nitrogens is 2. The number of nitrogens with zero attached hydrogens (tertiary/aromatic N) is 3. The van der Waals surface area contributed by atoms with Gasteiger partial charge in [-0.25, -0.2) is 0 Å². The molecule has 0 unspecified atom stereocenters. The lowest BCUT2D eigenvalue weighted by Crippen LogP contribution is -2.41. The summed E-state index contributed by atoms with van der Waals surface area (Å²) >= 11 is 0. The van der Waals surface area contributed by atoms with Gasteiger partial charge in [0.05, 0.1) is 0 Å². The topological polar surface area (TPSA) is 59.2 Å². The third-order valence-corrected chi connectivity index (χ3v) is 4.44. The predicted molar refractivity (Wildman–Crippen MR) is 81.0 cm³/mol. The zero-order valence-electron chi connectivity index (χ0n) is 13.6. The maximum atomic E-state index is 12.4. The zero-order chi connectivity index (χ0) is 15.4. The zero-order valence-corrected chi connectivity index (χ0v) is 13.6. The Kier molecular flexibility index (Phi) is 5.37. The van der Waals surface area contributed by atoms with Crippen LogP contribution in [0.5, 0.6) is 0 Å². The molecule has 2 heterocycles. The molecule has 2 rings (SSSR count). The molecule has 0 aliphatic carbocycles. The van der Waals surface area contributed by atoms with Gasteiger partial charge in [0.25, 0.3) is 0 Å². The molecule has 5 heteroatoms. The summed E-state index contributed by atoms with van der Waals surface area (Å²) in [6, 6.07) is 0. The predicted octanol–water partition coefficient (Wildman–Crippen LogP) is 3.34. The standard InChI is InChI=1S/C16H27N3O2/c1-5-12(6-2)16(20)19-9-7-13(8-10-19)15-18-17-14(21-15)11(3)4/h11-13H,5-10H2,1-4H3. The van der Waals surface area contributed by atoms with Gasteiger partial charge in [-0.1, -0.05) is 27.7 Å². The highest BCUT2D eigenvalue weighted by Crippen LogP contribution is 2.29. The Morgan fingerprint density at radius 1 is 1.24 bits per heavy atom. The van der Waals surface area contributed by atoms with Crippen LogP contribution in [0.15, 0.2) is 4.42 Å². The summed E-state index contributed by atoms with van der Waals surface area (Å²) in [5.74, 6) is 2.51. The van der Waals surface area contributed by atoms with Crippen molar-refractivity contribution in [3.63, 3.8) is 0 Å². The molecule has 5 nitrogen and oxygen atoms in total. The van der Waals surface area contributed by atoms with E-state index in [1.165, 1.54) is 0 Å². The van der Waals surface area contributed by atoms with Gasteiger partial charge in [0, 0.05) is 30.8 Å². The van der Waals surface area contributed by atoms with Crippen molar-refractivity contribution in [1.29, 1.82) is 0 Å². The quantitative estimate of drug-likeness (QED) is 0.835. The van der Waals surface area contributed by atoms with Crippen LogP contribution in [0.25, 0.3) is 0 Å². The van der Waals surface area contributed by atoms with E-state index in [1.54, 1.807) is 0 Å². The number of likely N-dealkylation sites (tertiary alicyclic amines) is 1. The first-order valence-corrected chi connectivity index (χ1v) is 8.18. The minimum atomic E-state index is 0.178. The van der Waals surface area contributed by atoms with Gasteiger partial charge in [0.1, 0.15) is 0 Å². The van der Waals surface area contributed by atoms with Crippen molar-refractivity contribution in [1.82, 2.24) is 15.1 Å². The Morgan fingerprint density at radius 3 is 2.33 bits per heavy atom. The largest absolute Gasteiger partial charge is 0.425 e. The summed E-state index contributed by atoms with van der Waals surface area (Å²) in [6.07, 6.45) is 3.70. The number of amides is 1. The second-order valence-electron chi connectivity index (χ2n) is 6.25. The monoisotopic (exact) mass is 293 g/mol. The first-order valence-electron chi connectivity index (χ1n) is 8.18. The molecule has 1 aliphatic rings. The summed E-state index contributed by atoms with van der Waals surface area (Å²) in [7, 11) is 0. The molecule has 0 aromatic carbocycles. The van der Waals surface area contributed by atoms with Gasteiger partial charge in [0.2, 0.25) is 17.7 Å². The van der Waals surface area contributed by atoms with Gasteiger partial charge < -0.3 is 9.32 Å². The van der Waals surface area contributed by atoms with Crippen molar-refractivity contribution in [2.45, 2.75) is 65.2 Å². The highest BCUT2D eigenvalue weighted by molar-refractivity contribution is 5.78. The van der Waals surface area contributed by atoms with Gasteiger partial charge in [-0.05, 0) is 25.7 Å². The second-order valence-corrected chi connectivity index (χ2v) is 6.25. The van der Waals surface area contributed by atoms with Crippen LogP contribution < -0.4 is 0 Å². The molecule has 1 aromatic heterocycles. The molecule has 0 radical (unpaired) electrons. The van der Waals surface area contributed by atoms with E-state index < -0.39 is 0 Å². The molecule has 0 atom stereocenters. The van der Waals surface area contributed by atoms with E-state index in [0.717, 1.165) is 44.7 Å². The van der Waals surface area contributed by atoms with Crippen molar-refractivity contribution < 1.29 is 9.21 Å². The maximum Gasteiger partial charge on any atom is 0.225 e. The number of carbonyl (C=O) groups excluding carboxylic acids is 1. The van der Waals surface area contributed by atoms with E-state index in [4.69, 9.17) is 4.42 Å². The SMILES string of the molecule is CCC(CC)C(=O)N1CCC(c2nnc(C(C)C)o2)CC1. The Hall–Kier alpha value is -1.39. The fraction of sp³-hybridized carbons (Fsp3) is 0.812. The smallest absolute Gasteiger partial charge is 0.225 e. The minimum absolute atomic E-state index is 0.178. The van der Waals surface area contributed by atoms with E-state index in [2.05, 4.69) is 24.0 Å². The molecule has 0 spiro atoms. The first kappa shape index (κ1) is 16.0. The Balaban J connectivity index is 1.92. The van der Waals surface area contributed by atoms with Crippen molar-refractivity contribution in [3.8, 4) is 0 Å². The molecular formula is C16H27N3O2. The van der Waals surface area contributed by atoms with Crippen molar-refractivity contribution in [3.05, 3.63) is 11.8 Å². The van der Waals surface area contributed by atoms with Crippen LogP contribution in [-0.2, 0) is 4.79 Å². The molecule has 1 aromatic rings. The third kappa shape index (κ3) is 3.63. The van der Waals surface area contributed by atoms with Gasteiger partial charge in [-0.15, -0.1) is 10.2 Å². The molecule has 0 saturated carbocycles. The van der Waals surface area contributed by atoms with Crippen molar-refractivity contribution in [2.75, 3.05) is 13.1 Å². The molecule has 21 heavy (non-hydrogen) atoms. The van der Waals surface area contributed by atoms with E-state index in [0.29, 0.717) is 17.7 Å². The Bertz CT molecular complexity index is 458. The first-order chi connectivity index (χ1) is 10.1. The Morgan fingerprint density at radius 2 is 1.86 bits per heavy atom. The maximum absolute atomic E-state index is 12.4. The normalized spacial score (nSPS) is 17.0. The number of hydrogen-bond donors (Lipinski definition) is 0. The molecule has 1 fully saturated rings. The summed E-state index contributed by atoms with van der Waals surface area (Å²) in [5, 5.41) is 8.28. The molecule has 1 saturated heterocycles. The highest BCUT2D eigenvalue weighted by atomic mass is 16.4. The average molecular weight is 293 g/mol. The molecule has 1 aliphatic heterocycles. The summed E-state index contributed by atoms with van der Waals surface area (Å²) < 4.78 is 5.74. The number of carbonyl (C=O) groups is 1. The number of hydrogen-bond acceptors (Lipinski definition) is 4. The lowest BCUT2D eigenvalue weighted by Gasteiger charge is -2.32. The van der Waals surface area contributed by atoms with Crippen LogP contribution in [0, 0.1) is 5.92 Å². The fourth-order valence-electron chi connectivity index (χ4n) is 2.89. The van der Waals surface area contributed by atoms with Crippen molar-refractivity contribution in [2.24, 2.45) is 5.92 Å². The van der Waals surface area contributed by atoms with Gasteiger partial charge >= 0.3 is 0 Å². The van der Waals surface area contributed by atoms with Crippen LogP contribution in [-0.4, -0.2) is 34.1 Å². The van der Waals surface area contributed by atoms with E-state index in [-0.39, 0.29) is 11.8 Å². The number of piperidine rings is 1. The van der Waals surface area contributed by atoms with E-state index in [9.17, 15) is 4.79 Å². The molecule has 118 valence electrons. The van der Waals surface area contributed by atoms with Crippen LogP contribution in [0.4, 0.5) is 0 Å². The second kappa shape index (κ2) is 7.05. The molecule has 0 bridgehead atoms. The van der Waals surface area contributed by atoms with Crippen LogP contribution in [0.2, 0.25) is 0 Å². The summed E-state index contributed by atoms with van der Waals surface area (Å²) in [6.45, 7) is 9.89. The van der Waals surface area contributed by atoms with Gasteiger partial charge in [0.15, 0.2) is 0 Å². The van der Waals surface area contributed by atoms with Gasteiger partial charge in [-0.3, -0.25) is 4.79 Å². The van der Waals surface area contributed by atoms with Crippen molar-refractivity contribution >= 4 is 5.91 Å². The fourth-order valence-corrected chi connectivity index (χ4v) is 2.89. The van der Waals surface area contributed by atoms with Crippen LogP contribution in [0.3, 0.4) is 0 Å². The molecule has 0 N–H and O–H groups in total.